The molecule has 0 aliphatic carbocycles. The first-order valence-electron chi connectivity index (χ1n) is 10.6. The van der Waals surface area contributed by atoms with Gasteiger partial charge in [-0.25, -0.2) is 8.42 Å². The number of carbonyl (C=O) groups is 1. The van der Waals surface area contributed by atoms with Crippen LogP contribution in [0.1, 0.15) is 30.1 Å². The number of nitrogens with zero attached hydrogens (tertiary/aromatic N) is 5. The Hall–Kier alpha value is -2.10. The van der Waals surface area contributed by atoms with Gasteiger partial charge in [0.15, 0.2) is 0 Å². The number of hydrogen-bond acceptors (Lipinski definition) is 5. The maximum Gasteiger partial charge on any atom is 0.263 e. The fourth-order valence-corrected chi connectivity index (χ4v) is 5.97. The number of halogens is 1. The van der Waals surface area contributed by atoms with Crippen LogP contribution in [0.5, 0.6) is 0 Å². The van der Waals surface area contributed by atoms with Gasteiger partial charge in [0.25, 0.3) is 15.9 Å². The molecular weight excluding hydrogens is 438 g/mol. The van der Waals surface area contributed by atoms with E-state index < -0.39 is 10.0 Å². The van der Waals surface area contributed by atoms with Gasteiger partial charge in [0, 0.05) is 63.2 Å². The van der Waals surface area contributed by atoms with Crippen LogP contribution in [0.2, 0.25) is 5.02 Å². The van der Waals surface area contributed by atoms with Crippen LogP contribution in [-0.2, 0) is 17.1 Å². The van der Waals surface area contributed by atoms with Crippen molar-refractivity contribution < 1.29 is 13.2 Å². The van der Waals surface area contributed by atoms with Crippen LogP contribution in [0, 0.1) is 5.92 Å². The van der Waals surface area contributed by atoms with E-state index in [0.29, 0.717) is 50.2 Å². The predicted octanol–water partition coefficient (Wildman–Crippen LogP) is 2.46. The minimum atomic E-state index is -3.88. The summed E-state index contributed by atoms with van der Waals surface area (Å²) < 4.78 is 29.7. The van der Waals surface area contributed by atoms with Gasteiger partial charge in [-0.15, -0.1) is 0 Å². The molecule has 0 saturated carbocycles. The molecule has 1 aromatic carbocycles. The fourth-order valence-electron chi connectivity index (χ4n) is 4.31. The molecule has 0 radical (unpaired) electrons. The summed E-state index contributed by atoms with van der Waals surface area (Å²) >= 11 is 5.96. The van der Waals surface area contributed by atoms with Crippen molar-refractivity contribution in [3.63, 3.8) is 0 Å². The second-order valence-corrected chi connectivity index (χ2v) is 10.7. The average Bonchev–Trinajstić information content (AvgIpc) is 3.16. The Balaban J connectivity index is 1.52. The first-order chi connectivity index (χ1) is 14.8. The Bertz CT molecular complexity index is 1050. The lowest BCUT2D eigenvalue weighted by Crippen LogP contribution is -2.49. The maximum absolute atomic E-state index is 13.4. The standard InChI is InChI=1S/C21H28ClN5O3S/c1-16-4-3-9-26(14-16)21(28)19-15-24(2)23-20(19)31(29,30)27-12-10-25(11-13-27)18-7-5-17(22)6-8-18/h5-8,15-16H,3-4,9-14H2,1-2H3/t16-/m0/s1. The minimum absolute atomic E-state index is 0.141. The van der Waals surface area contributed by atoms with E-state index in [-0.39, 0.29) is 16.5 Å². The number of aromatic nitrogens is 2. The monoisotopic (exact) mass is 465 g/mol. The van der Waals surface area contributed by atoms with Crippen molar-refractivity contribution in [3.05, 3.63) is 41.0 Å². The summed E-state index contributed by atoms with van der Waals surface area (Å²) in [6.07, 6.45) is 3.54. The molecule has 0 N–H and O–H groups in total. The minimum Gasteiger partial charge on any atom is -0.369 e. The molecule has 2 aliphatic heterocycles. The Morgan fingerprint density at radius 3 is 2.42 bits per heavy atom. The summed E-state index contributed by atoms with van der Waals surface area (Å²) in [4.78, 5) is 17.0. The third kappa shape index (κ3) is 4.58. The topological polar surface area (TPSA) is 78.8 Å². The second kappa shape index (κ2) is 8.80. The van der Waals surface area contributed by atoms with E-state index in [1.807, 2.05) is 24.3 Å². The second-order valence-electron chi connectivity index (χ2n) is 8.39. The van der Waals surface area contributed by atoms with Crippen LogP contribution >= 0.6 is 11.6 Å². The van der Waals surface area contributed by atoms with Crippen LogP contribution in [0.25, 0.3) is 0 Å². The lowest BCUT2D eigenvalue weighted by Gasteiger charge is -2.35. The number of aryl methyl sites for hydroxylation is 1. The molecular formula is C21H28ClN5O3S. The van der Waals surface area contributed by atoms with Crippen LogP contribution in [0.3, 0.4) is 0 Å². The summed E-state index contributed by atoms with van der Waals surface area (Å²) in [5, 5.41) is 4.72. The summed E-state index contributed by atoms with van der Waals surface area (Å²) in [5.41, 5.74) is 1.17. The molecule has 0 bridgehead atoms. The third-order valence-corrected chi connectivity index (χ3v) is 8.07. The van der Waals surface area contributed by atoms with Gasteiger partial charge in [0.2, 0.25) is 5.03 Å². The van der Waals surface area contributed by atoms with Gasteiger partial charge < -0.3 is 9.80 Å². The van der Waals surface area contributed by atoms with Gasteiger partial charge in [-0.2, -0.15) is 9.40 Å². The van der Waals surface area contributed by atoms with Gasteiger partial charge in [-0.1, -0.05) is 18.5 Å². The zero-order valence-corrected chi connectivity index (χ0v) is 19.4. The highest BCUT2D eigenvalue weighted by molar-refractivity contribution is 7.89. The van der Waals surface area contributed by atoms with E-state index in [9.17, 15) is 13.2 Å². The number of carbonyl (C=O) groups excluding carboxylic acids is 1. The van der Waals surface area contributed by atoms with Crippen molar-refractivity contribution in [1.29, 1.82) is 0 Å². The number of benzene rings is 1. The number of piperidine rings is 1. The molecule has 31 heavy (non-hydrogen) atoms. The fraction of sp³-hybridized carbons (Fsp3) is 0.524. The summed E-state index contributed by atoms with van der Waals surface area (Å²) in [5.74, 6) is 0.161. The van der Waals surface area contributed by atoms with E-state index in [1.54, 1.807) is 11.9 Å². The highest BCUT2D eigenvalue weighted by Gasteiger charge is 2.36. The zero-order chi connectivity index (χ0) is 22.2. The van der Waals surface area contributed by atoms with Crippen LogP contribution in [0.4, 0.5) is 5.69 Å². The molecule has 1 aromatic heterocycles. The normalized spacial score (nSPS) is 20.8. The molecule has 8 nitrogen and oxygen atoms in total. The van der Waals surface area contributed by atoms with Crippen molar-refractivity contribution in [2.24, 2.45) is 13.0 Å². The van der Waals surface area contributed by atoms with Gasteiger partial charge in [-0.05, 0) is 43.0 Å². The molecule has 2 fully saturated rings. The van der Waals surface area contributed by atoms with Gasteiger partial charge in [-0.3, -0.25) is 9.48 Å². The molecule has 2 aromatic rings. The number of amides is 1. The van der Waals surface area contributed by atoms with Crippen molar-refractivity contribution in [1.82, 2.24) is 19.0 Å². The number of sulfonamides is 1. The summed E-state index contributed by atoms with van der Waals surface area (Å²) in [6, 6.07) is 7.52. The van der Waals surface area contributed by atoms with Gasteiger partial charge in [0.1, 0.15) is 0 Å². The van der Waals surface area contributed by atoms with Crippen LogP contribution < -0.4 is 4.90 Å². The van der Waals surface area contributed by atoms with Crippen LogP contribution in [-0.4, -0.2) is 72.6 Å². The van der Waals surface area contributed by atoms with E-state index in [1.165, 1.54) is 15.2 Å². The first-order valence-corrected chi connectivity index (χ1v) is 12.4. The van der Waals surface area contributed by atoms with E-state index >= 15 is 0 Å². The molecule has 0 spiro atoms. The molecule has 168 valence electrons. The van der Waals surface area contributed by atoms with E-state index in [0.717, 1.165) is 18.5 Å². The number of piperazine rings is 1. The van der Waals surface area contributed by atoms with Crippen LogP contribution in [0.15, 0.2) is 35.5 Å². The lowest BCUT2D eigenvalue weighted by molar-refractivity contribution is 0.0679. The van der Waals surface area contributed by atoms with Crippen molar-refractivity contribution in [2.75, 3.05) is 44.2 Å². The number of likely N-dealkylation sites (tertiary alicyclic amines) is 1. The van der Waals surface area contributed by atoms with E-state index in [4.69, 9.17) is 11.6 Å². The smallest absolute Gasteiger partial charge is 0.263 e. The Morgan fingerprint density at radius 1 is 1.10 bits per heavy atom. The molecule has 1 amide bonds. The first kappa shape index (κ1) is 22.1. The van der Waals surface area contributed by atoms with Crippen molar-refractivity contribution >= 4 is 33.2 Å². The molecule has 10 heteroatoms. The number of hydrogen-bond donors (Lipinski definition) is 0. The summed E-state index contributed by atoms with van der Waals surface area (Å²) in [7, 11) is -2.23. The van der Waals surface area contributed by atoms with Gasteiger partial charge in [0.05, 0.1) is 5.56 Å². The highest BCUT2D eigenvalue weighted by atomic mass is 35.5. The number of rotatable bonds is 4. The quantitative estimate of drug-likeness (QED) is 0.693. The van der Waals surface area contributed by atoms with E-state index in [2.05, 4.69) is 16.9 Å². The Kier molecular flexibility index (Phi) is 6.27. The average molecular weight is 466 g/mol. The third-order valence-electron chi connectivity index (χ3n) is 5.98. The molecule has 3 heterocycles. The molecule has 4 rings (SSSR count). The Labute approximate surface area is 188 Å². The maximum atomic E-state index is 13.4. The molecule has 2 saturated heterocycles. The zero-order valence-electron chi connectivity index (χ0n) is 17.9. The molecule has 0 unspecified atom stereocenters. The largest absolute Gasteiger partial charge is 0.369 e. The number of anilines is 1. The highest BCUT2D eigenvalue weighted by Crippen LogP contribution is 2.25. The molecule has 1 atom stereocenters. The van der Waals surface area contributed by atoms with Crippen molar-refractivity contribution in [3.8, 4) is 0 Å². The molecule has 2 aliphatic rings. The lowest BCUT2D eigenvalue weighted by atomic mass is 10.00. The predicted molar refractivity (Wildman–Crippen MR) is 120 cm³/mol. The summed E-state index contributed by atoms with van der Waals surface area (Å²) in [6.45, 7) is 5.18. The SMILES string of the molecule is C[C@H]1CCCN(C(=O)c2cn(C)nc2S(=O)(=O)N2CCN(c3ccc(Cl)cc3)CC2)C1. The Morgan fingerprint density at radius 2 is 1.77 bits per heavy atom. The van der Waals surface area contributed by atoms with Crippen molar-refractivity contribution in [2.45, 2.75) is 24.8 Å². The van der Waals surface area contributed by atoms with Gasteiger partial charge >= 0.3 is 0 Å².